The molecule has 8 heteroatoms. The Balaban J connectivity index is 1.71. The number of imide groups is 1. The molecule has 0 radical (unpaired) electrons. The van der Waals surface area contributed by atoms with E-state index in [1.165, 1.54) is 6.08 Å². The number of carbonyl (C=O) groups excluding carboxylic acids is 4. The molecule has 2 heterocycles. The molecule has 3 rings (SSSR count). The van der Waals surface area contributed by atoms with E-state index in [0.717, 1.165) is 4.90 Å². The molecule has 8 nitrogen and oxygen atoms in total. The number of piperidine rings is 1. The first-order valence-electron chi connectivity index (χ1n) is 9.29. The highest BCUT2D eigenvalue weighted by atomic mass is 16.2. The number of benzene rings is 1. The van der Waals surface area contributed by atoms with Gasteiger partial charge in [0.25, 0.3) is 5.91 Å². The van der Waals surface area contributed by atoms with Crippen LogP contribution in [-0.4, -0.2) is 47.8 Å². The minimum absolute atomic E-state index is 0.120. The molecule has 0 aromatic heterocycles. The highest BCUT2D eigenvalue weighted by molar-refractivity contribution is 6.21. The molecular weight excluding hydrogens is 360 g/mol. The molecular formula is C20H24N4O4. The predicted molar refractivity (Wildman–Crippen MR) is 105 cm³/mol. The fraction of sp³-hybridized carbons (Fsp3) is 0.400. The number of anilines is 2. The molecule has 2 fully saturated rings. The van der Waals surface area contributed by atoms with Gasteiger partial charge in [0.2, 0.25) is 11.8 Å². The van der Waals surface area contributed by atoms with Crippen LogP contribution in [0.15, 0.2) is 30.9 Å². The first-order valence-corrected chi connectivity index (χ1v) is 9.29. The minimum atomic E-state index is -0.575. The van der Waals surface area contributed by atoms with Crippen molar-refractivity contribution < 1.29 is 19.2 Å². The fourth-order valence-electron chi connectivity index (χ4n) is 3.56. The van der Waals surface area contributed by atoms with Gasteiger partial charge in [-0.3, -0.25) is 14.4 Å². The number of hydrogen-bond donors (Lipinski definition) is 2. The lowest BCUT2D eigenvalue weighted by atomic mass is 9.95. The summed E-state index contributed by atoms with van der Waals surface area (Å²) in [6, 6.07) is 4.08. The van der Waals surface area contributed by atoms with Gasteiger partial charge in [0.1, 0.15) is 6.04 Å². The standard InChI is InChI=1S/C20H24N4O4/c1-4-17(25)23-10-8-14(9-11-23)18(26)22-15-6-5-7-16(12(15)2)24-19(27)13(3)21-20(24)28/h4-7,13-14H,1,8-11H2,2-3H3,(H,21,28)(H,22,26). The third-order valence-corrected chi connectivity index (χ3v) is 5.29. The molecule has 0 saturated carbocycles. The van der Waals surface area contributed by atoms with Crippen molar-refractivity contribution in [2.45, 2.75) is 32.7 Å². The van der Waals surface area contributed by atoms with Crippen LogP contribution in [0.2, 0.25) is 0 Å². The van der Waals surface area contributed by atoms with Gasteiger partial charge < -0.3 is 15.5 Å². The van der Waals surface area contributed by atoms with Crippen LogP contribution in [0.25, 0.3) is 0 Å². The number of carbonyl (C=O) groups is 4. The van der Waals surface area contributed by atoms with E-state index in [1.54, 1.807) is 36.9 Å². The minimum Gasteiger partial charge on any atom is -0.339 e. The molecule has 1 aromatic rings. The maximum absolute atomic E-state index is 12.7. The highest BCUT2D eigenvalue weighted by Crippen LogP contribution is 2.30. The monoisotopic (exact) mass is 384 g/mol. The number of urea groups is 1. The molecule has 5 amide bonds. The summed E-state index contributed by atoms with van der Waals surface area (Å²) < 4.78 is 0. The largest absolute Gasteiger partial charge is 0.339 e. The van der Waals surface area contributed by atoms with Crippen LogP contribution in [0.5, 0.6) is 0 Å². The van der Waals surface area contributed by atoms with Crippen molar-refractivity contribution in [3.05, 3.63) is 36.4 Å². The Bertz CT molecular complexity index is 843. The molecule has 0 aliphatic carbocycles. The second-order valence-corrected chi connectivity index (χ2v) is 7.09. The molecule has 1 aromatic carbocycles. The fourth-order valence-corrected chi connectivity index (χ4v) is 3.56. The molecule has 2 aliphatic heterocycles. The van der Waals surface area contributed by atoms with Crippen molar-refractivity contribution in [3.8, 4) is 0 Å². The summed E-state index contributed by atoms with van der Waals surface area (Å²) in [6.07, 6.45) is 2.44. The summed E-state index contributed by atoms with van der Waals surface area (Å²) in [5.41, 5.74) is 1.66. The second kappa shape index (κ2) is 7.84. The van der Waals surface area contributed by atoms with Crippen LogP contribution in [0.3, 0.4) is 0 Å². The van der Waals surface area contributed by atoms with Gasteiger partial charge in [0.05, 0.1) is 5.69 Å². The third-order valence-electron chi connectivity index (χ3n) is 5.29. The van der Waals surface area contributed by atoms with Crippen molar-refractivity contribution in [1.82, 2.24) is 10.2 Å². The van der Waals surface area contributed by atoms with Crippen LogP contribution in [0, 0.1) is 12.8 Å². The molecule has 2 aliphatic rings. The second-order valence-electron chi connectivity index (χ2n) is 7.09. The number of nitrogens with zero attached hydrogens (tertiary/aromatic N) is 2. The van der Waals surface area contributed by atoms with Gasteiger partial charge in [-0.2, -0.15) is 0 Å². The van der Waals surface area contributed by atoms with Crippen molar-refractivity contribution in [2.75, 3.05) is 23.3 Å². The third kappa shape index (κ3) is 3.62. The van der Waals surface area contributed by atoms with Gasteiger partial charge in [-0.25, -0.2) is 9.69 Å². The van der Waals surface area contributed by atoms with Crippen LogP contribution in [0.4, 0.5) is 16.2 Å². The van der Waals surface area contributed by atoms with E-state index in [9.17, 15) is 19.2 Å². The van der Waals surface area contributed by atoms with Crippen LogP contribution in [-0.2, 0) is 14.4 Å². The van der Waals surface area contributed by atoms with Gasteiger partial charge in [-0.15, -0.1) is 0 Å². The summed E-state index contributed by atoms with van der Waals surface area (Å²) in [7, 11) is 0. The Morgan fingerprint density at radius 1 is 1.25 bits per heavy atom. The van der Waals surface area contributed by atoms with Gasteiger partial charge in [-0.1, -0.05) is 12.6 Å². The van der Waals surface area contributed by atoms with E-state index in [0.29, 0.717) is 42.9 Å². The molecule has 1 atom stereocenters. The van der Waals surface area contributed by atoms with Crippen LogP contribution in [0.1, 0.15) is 25.3 Å². The summed E-state index contributed by atoms with van der Waals surface area (Å²) in [4.78, 5) is 51.5. The van der Waals surface area contributed by atoms with E-state index in [4.69, 9.17) is 0 Å². The van der Waals surface area contributed by atoms with Crippen molar-refractivity contribution in [1.29, 1.82) is 0 Å². The summed E-state index contributed by atoms with van der Waals surface area (Å²) >= 11 is 0. The Hall–Kier alpha value is -3.16. The first kappa shape index (κ1) is 19.6. The molecule has 148 valence electrons. The number of hydrogen-bond acceptors (Lipinski definition) is 4. The number of nitrogens with one attached hydrogen (secondary N) is 2. The Morgan fingerprint density at radius 2 is 1.93 bits per heavy atom. The van der Waals surface area contributed by atoms with E-state index >= 15 is 0 Å². The Kier molecular flexibility index (Phi) is 5.48. The number of amides is 5. The van der Waals surface area contributed by atoms with E-state index in [-0.39, 0.29) is 23.6 Å². The zero-order valence-electron chi connectivity index (χ0n) is 16.0. The normalized spacial score (nSPS) is 20.1. The Labute approximate surface area is 163 Å². The topological polar surface area (TPSA) is 98.8 Å². The molecule has 28 heavy (non-hydrogen) atoms. The summed E-state index contributed by atoms with van der Waals surface area (Å²) in [6.45, 7) is 7.91. The number of rotatable bonds is 4. The SMILES string of the molecule is C=CC(=O)N1CCC(C(=O)Nc2cccc(N3C(=O)NC(C)C3=O)c2C)CC1. The maximum Gasteiger partial charge on any atom is 0.329 e. The summed E-state index contributed by atoms with van der Waals surface area (Å²) in [5, 5.41) is 5.49. The predicted octanol–water partition coefficient (Wildman–Crippen LogP) is 1.80. The van der Waals surface area contributed by atoms with Gasteiger partial charge in [0, 0.05) is 24.7 Å². The average molecular weight is 384 g/mol. The molecule has 2 N–H and O–H groups in total. The smallest absolute Gasteiger partial charge is 0.329 e. The Morgan fingerprint density at radius 3 is 2.50 bits per heavy atom. The molecule has 1 unspecified atom stereocenters. The van der Waals surface area contributed by atoms with Crippen molar-refractivity contribution in [3.63, 3.8) is 0 Å². The lowest BCUT2D eigenvalue weighted by molar-refractivity contribution is -0.130. The van der Waals surface area contributed by atoms with Gasteiger partial charge in [0.15, 0.2) is 0 Å². The zero-order chi connectivity index (χ0) is 20.4. The van der Waals surface area contributed by atoms with E-state index < -0.39 is 12.1 Å². The molecule has 2 saturated heterocycles. The zero-order valence-corrected chi connectivity index (χ0v) is 16.0. The lowest BCUT2D eigenvalue weighted by Crippen LogP contribution is -2.40. The molecule has 0 spiro atoms. The molecule has 0 bridgehead atoms. The lowest BCUT2D eigenvalue weighted by Gasteiger charge is -2.30. The highest BCUT2D eigenvalue weighted by Gasteiger charge is 2.37. The summed E-state index contributed by atoms with van der Waals surface area (Å²) in [5.74, 6) is -0.772. The van der Waals surface area contributed by atoms with E-state index in [1.807, 2.05) is 0 Å². The van der Waals surface area contributed by atoms with E-state index in [2.05, 4.69) is 17.2 Å². The van der Waals surface area contributed by atoms with Gasteiger partial charge in [-0.05, 0) is 50.5 Å². The average Bonchev–Trinajstić information content (AvgIpc) is 2.94. The van der Waals surface area contributed by atoms with Crippen molar-refractivity contribution >= 4 is 35.1 Å². The van der Waals surface area contributed by atoms with Crippen molar-refractivity contribution in [2.24, 2.45) is 5.92 Å². The van der Waals surface area contributed by atoms with Gasteiger partial charge >= 0.3 is 6.03 Å². The number of likely N-dealkylation sites (tertiary alicyclic amines) is 1. The van der Waals surface area contributed by atoms with Crippen LogP contribution < -0.4 is 15.5 Å². The van der Waals surface area contributed by atoms with Crippen LogP contribution >= 0.6 is 0 Å². The first-order chi connectivity index (χ1) is 13.3. The quantitative estimate of drug-likeness (QED) is 0.611. The maximum atomic E-state index is 12.7.